The summed E-state index contributed by atoms with van der Waals surface area (Å²) < 4.78 is 0. The van der Waals surface area contributed by atoms with Crippen LogP contribution < -0.4 is 11.1 Å². The standard InChI is InChI=1S/C13H18N2O3/c1-2-11(13(17)18)15-12(16)10(14)8-9-6-4-3-5-7-9/h3-7,10-11H,2,8,14H2,1H3,(H,15,16)(H,17,18)/t10-,11+/m0/s1. The summed E-state index contributed by atoms with van der Waals surface area (Å²) in [6.45, 7) is 1.70. The predicted octanol–water partition coefficient (Wildman–Crippen LogP) is 0.536. The van der Waals surface area contributed by atoms with Crippen molar-refractivity contribution in [3.8, 4) is 0 Å². The molecular formula is C13H18N2O3. The number of amides is 1. The lowest BCUT2D eigenvalue weighted by Gasteiger charge is -2.16. The van der Waals surface area contributed by atoms with Crippen molar-refractivity contribution in [2.45, 2.75) is 31.8 Å². The van der Waals surface area contributed by atoms with Gasteiger partial charge in [0.15, 0.2) is 0 Å². The van der Waals surface area contributed by atoms with Crippen molar-refractivity contribution in [1.29, 1.82) is 0 Å². The lowest BCUT2D eigenvalue weighted by Crippen LogP contribution is -2.48. The zero-order valence-electron chi connectivity index (χ0n) is 10.3. The van der Waals surface area contributed by atoms with Gasteiger partial charge >= 0.3 is 5.97 Å². The highest BCUT2D eigenvalue weighted by atomic mass is 16.4. The van der Waals surface area contributed by atoms with E-state index < -0.39 is 24.0 Å². The first-order chi connectivity index (χ1) is 8.54. The molecule has 0 aliphatic rings. The smallest absolute Gasteiger partial charge is 0.326 e. The topological polar surface area (TPSA) is 92.4 Å². The molecule has 0 aliphatic carbocycles. The molecule has 5 heteroatoms. The molecule has 0 spiro atoms. The van der Waals surface area contributed by atoms with E-state index in [9.17, 15) is 9.59 Å². The molecule has 5 nitrogen and oxygen atoms in total. The van der Waals surface area contributed by atoms with E-state index >= 15 is 0 Å². The number of carbonyl (C=O) groups excluding carboxylic acids is 1. The van der Waals surface area contributed by atoms with Crippen LogP contribution in [0.5, 0.6) is 0 Å². The second-order valence-corrected chi connectivity index (χ2v) is 4.10. The third kappa shape index (κ3) is 4.18. The van der Waals surface area contributed by atoms with Gasteiger partial charge in [-0.05, 0) is 18.4 Å². The van der Waals surface area contributed by atoms with Crippen molar-refractivity contribution in [2.24, 2.45) is 5.73 Å². The summed E-state index contributed by atoms with van der Waals surface area (Å²) in [5, 5.41) is 11.3. The number of carbonyl (C=O) groups is 2. The monoisotopic (exact) mass is 250 g/mol. The molecule has 0 aromatic heterocycles. The Morgan fingerprint density at radius 3 is 2.44 bits per heavy atom. The van der Waals surface area contributed by atoms with Gasteiger partial charge in [0, 0.05) is 0 Å². The van der Waals surface area contributed by atoms with Crippen LogP contribution >= 0.6 is 0 Å². The van der Waals surface area contributed by atoms with Gasteiger partial charge < -0.3 is 16.2 Å². The van der Waals surface area contributed by atoms with E-state index in [-0.39, 0.29) is 0 Å². The number of nitrogens with one attached hydrogen (secondary N) is 1. The second-order valence-electron chi connectivity index (χ2n) is 4.10. The third-order valence-corrected chi connectivity index (χ3v) is 2.66. The minimum atomic E-state index is -1.04. The lowest BCUT2D eigenvalue weighted by molar-refractivity contribution is -0.142. The van der Waals surface area contributed by atoms with Gasteiger partial charge in [-0.15, -0.1) is 0 Å². The Morgan fingerprint density at radius 2 is 1.94 bits per heavy atom. The summed E-state index contributed by atoms with van der Waals surface area (Å²) in [5.74, 6) is -1.48. The second kappa shape index (κ2) is 6.76. The molecular weight excluding hydrogens is 232 g/mol. The Bertz CT molecular complexity index is 406. The normalized spacial score (nSPS) is 13.7. The molecule has 0 bridgehead atoms. The van der Waals surface area contributed by atoms with Gasteiger partial charge in [0.25, 0.3) is 0 Å². The fraction of sp³-hybridized carbons (Fsp3) is 0.385. The van der Waals surface area contributed by atoms with Crippen LogP contribution in [0.3, 0.4) is 0 Å². The van der Waals surface area contributed by atoms with Gasteiger partial charge in [0.1, 0.15) is 6.04 Å². The number of hydrogen-bond donors (Lipinski definition) is 3. The van der Waals surface area contributed by atoms with Gasteiger partial charge in [-0.25, -0.2) is 4.79 Å². The van der Waals surface area contributed by atoms with E-state index in [1.54, 1.807) is 6.92 Å². The average Bonchev–Trinajstić information content (AvgIpc) is 2.36. The molecule has 1 amide bonds. The minimum Gasteiger partial charge on any atom is -0.480 e. The van der Waals surface area contributed by atoms with Crippen molar-refractivity contribution < 1.29 is 14.7 Å². The van der Waals surface area contributed by atoms with E-state index in [1.165, 1.54) is 0 Å². The molecule has 0 fully saturated rings. The summed E-state index contributed by atoms with van der Waals surface area (Å²) in [5.41, 5.74) is 6.70. The molecule has 2 atom stereocenters. The number of rotatable bonds is 6. The average molecular weight is 250 g/mol. The summed E-state index contributed by atoms with van der Waals surface area (Å²) in [7, 11) is 0. The van der Waals surface area contributed by atoms with Crippen LogP contribution in [0.15, 0.2) is 30.3 Å². The van der Waals surface area contributed by atoms with Gasteiger partial charge in [0.05, 0.1) is 6.04 Å². The fourth-order valence-electron chi connectivity index (χ4n) is 1.58. The van der Waals surface area contributed by atoms with Crippen LogP contribution in [0.1, 0.15) is 18.9 Å². The summed E-state index contributed by atoms with van der Waals surface area (Å²) in [4.78, 5) is 22.5. The molecule has 0 aliphatic heterocycles. The molecule has 0 saturated heterocycles. The Morgan fingerprint density at radius 1 is 1.33 bits per heavy atom. The molecule has 1 aromatic rings. The van der Waals surface area contributed by atoms with Gasteiger partial charge in [0.2, 0.25) is 5.91 Å². The molecule has 1 rings (SSSR count). The third-order valence-electron chi connectivity index (χ3n) is 2.66. The summed E-state index contributed by atoms with van der Waals surface area (Å²) >= 11 is 0. The highest BCUT2D eigenvalue weighted by Gasteiger charge is 2.21. The largest absolute Gasteiger partial charge is 0.480 e. The molecule has 18 heavy (non-hydrogen) atoms. The van der Waals surface area contributed by atoms with Crippen molar-refractivity contribution in [1.82, 2.24) is 5.32 Å². The Balaban J connectivity index is 2.54. The van der Waals surface area contributed by atoms with E-state index in [1.807, 2.05) is 30.3 Å². The number of carboxylic acid groups (broad SMARTS) is 1. The van der Waals surface area contributed by atoms with E-state index in [0.29, 0.717) is 12.8 Å². The van der Waals surface area contributed by atoms with Crippen LogP contribution in [0, 0.1) is 0 Å². The summed E-state index contributed by atoms with van der Waals surface area (Å²) in [6.07, 6.45) is 0.724. The SMILES string of the molecule is CC[C@@H](NC(=O)[C@@H](N)Cc1ccccc1)C(=O)O. The van der Waals surface area contributed by atoms with Crippen molar-refractivity contribution in [2.75, 3.05) is 0 Å². The van der Waals surface area contributed by atoms with Gasteiger partial charge in [-0.1, -0.05) is 37.3 Å². The fourth-order valence-corrected chi connectivity index (χ4v) is 1.58. The first kappa shape index (κ1) is 14.2. The molecule has 4 N–H and O–H groups in total. The van der Waals surface area contributed by atoms with E-state index in [4.69, 9.17) is 10.8 Å². The van der Waals surface area contributed by atoms with Gasteiger partial charge in [-0.3, -0.25) is 4.79 Å². The van der Waals surface area contributed by atoms with E-state index in [0.717, 1.165) is 5.56 Å². The lowest BCUT2D eigenvalue weighted by atomic mass is 10.1. The van der Waals surface area contributed by atoms with Crippen LogP contribution in [0.4, 0.5) is 0 Å². The van der Waals surface area contributed by atoms with Gasteiger partial charge in [-0.2, -0.15) is 0 Å². The first-order valence-electron chi connectivity index (χ1n) is 5.87. The maximum absolute atomic E-state index is 11.7. The van der Waals surface area contributed by atoms with Crippen LogP contribution in [-0.4, -0.2) is 29.1 Å². The maximum Gasteiger partial charge on any atom is 0.326 e. The highest BCUT2D eigenvalue weighted by Crippen LogP contribution is 2.02. The molecule has 0 radical (unpaired) electrons. The number of carboxylic acids is 1. The summed E-state index contributed by atoms with van der Waals surface area (Å²) in [6, 6.07) is 7.76. The van der Waals surface area contributed by atoms with Crippen LogP contribution in [-0.2, 0) is 16.0 Å². The zero-order chi connectivity index (χ0) is 13.5. The molecule has 98 valence electrons. The Kier molecular flexibility index (Phi) is 5.32. The Hall–Kier alpha value is -1.88. The molecule has 0 saturated carbocycles. The predicted molar refractivity (Wildman–Crippen MR) is 68.0 cm³/mol. The van der Waals surface area contributed by atoms with Crippen molar-refractivity contribution in [3.05, 3.63) is 35.9 Å². The highest BCUT2D eigenvalue weighted by molar-refractivity contribution is 5.86. The van der Waals surface area contributed by atoms with Crippen LogP contribution in [0.25, 0.3) is 0 Å². The molecule has 1 aromatic carbocycles. The maximum atomic E-state index is 11.7. The van der Waals surface area contributed by atoms with E-state index in [2.05, 4.69) is 5.32 Å². The molecule has 0 heterocycles. The Labute approximate surface area is 106 Å². The number of benzene rings is 1. The molecule has 0 unspecified atom stereocenters. The minimum absolute atomic E-state index is 0.332. The van der Waals surface area contributed by atoms with Crippen molar-refractivity contribution in [3.63, 3.8) is 0 Å². The number of nitrogens with two attached hydrogens (primary N) is 1. The van der Waals surface area contributed by atoms with Crippen molar-refractivity contribution >= 4 is 11.9 Å². The quantitative estimate of drug-likeness (QED) is 0.687. The zero-order valence-corrected chi connectivity index (χ0v) is 10.3. The first-order valence-corrected chi connectivity index (χ1v) is 5.87. The van der Waals surface area contributed by atoms with Crippen LogP contribution in [0.2, 0.25) is 0 Å². The number of hydrogen-bond acceptors (Lipinski definition) is 3. The number of aliphatic carboxylic acids is 1.